The van der Waals surface area contributed by atoms with Crippen molar-refractivity contribution in [2.24, 2.45) is 5.92 Å². The normalized spacial score (nSPS) is 22.1. The van der Waals surface area contributed by atoms with Gasteiger partial charge in [0.2, 0.25) is 5.91 Å². The summed E-state index contributed by atoms with van der Waals surface area (Å²) < 4.78 is 5.11. The van der Waals surface area contributed by atoms with Gasteiger partial charge < -0.3 is 15.0 Å². The van der Waals surface area contributed by atoms with Gasteiger partial charge in [-0.2, -0.15) is 0 Å². The molecular formula is C15H29N3O2. The van der Waals surface area contributed by atoms with Crippen molar-refractivity contribution in [1.82, 2.24) is 15.1 Å². The molecule has 116 valence electrons. The quantitative estimate of drug-likeness (QED) is 0.723. The SMILES string of the molecule is COCCCC1CCN(CC(=O)N2CCNCC2)CC1. The summed E-state index contributed by atoms with van der Waals surface area (Å²) in [5.74, 6) is 1.14. The fourth-order valence-electron chi connectivity index (χ4n) is 3.16. The van der Waals surface area contributed by atoms with E-state index in [1.54, 1.807) is 7.11 Å². The average molecular weight is 283 g/mol. The Kier molecular flexibility index (Phi) is 6.76. The van der Waals surface area contributed by atoms with Crippen LogP contribution >= 0.6 is 0 Å². The highest BCUT2D eigenvalue weighted by molar-refractivity contribution is 5.78. The summed E-state index contributed by atoms with van der Waals surface area (Å²) in [6.07, 6.45) is 4.91. The molecule has 1 amide bonds. The van der Waals surface area contributed by atoms with Crippen molar-refractivity contribution in [2.45, 2.75) is 25.7 Å². The molecule has 2 rings (SSSR count). The van der Waals surface area contributed by atoms with Crippen molar-refractivity contribution in [3.63, 3.8) is 0 Å². The summed E-state index contributed by atoms with van der Waals surface area (Å²) in [7, 11) is 1.77. The number of carbonyl (C=O) groups is 1. The fourth-order valence-corrected chi connectivity index (χ4v) is 3.16. The Hall–Kier alpha value is -0.650. The minimum absolute atomic E-state index is 0.310. The standard InChI is InChI=1S/C15H29N3O2/c1-20-12-2-3-14-4-8-17(9-5-14)13-15(19)18-10-6-16-7-11-18/h14,16H,2-13H2,1H3. The molecule has 0 bridgehead atoms. The second-order valence-electron chi connectivity index (χ2n) is 5.99. The summed E-state index contributed by atoms with van der Waals surface area (Å²) in [6.45, 7) is 7.26. The lowest BCUT2D eigenvalue weighted by Crippen LogP contribution is -2.50. The Bertz CT molecular complexity index is 285. The molecule has 0 spiro atoms. The van der Waals surface area contributed by atoms with E-state index in [0.717, 1.165) is 51.8 Å². The van der Waals surface area contributed by atoms with Crippen LogP contribution in [0.1, 0.15) is 25.7 Å². The molecule has 0 radical (unpaired) electrons. The minimum Gasteiger partial charge on any atom is -0.385 e. The van der Waals surface area contributed by atoms with E-state index in [1.807, 2.05) is 4.90 Å². The van der Waals surface area contributed by atoms with Crippen molar-refractivity contribution in [2.75, 3.05) is 59.5 Å². The maximum Gasteiger partial charge on any atom is 0.236 e. The van der Waals surface area contributed by atoms with E-state index in [1.165, 1.54) is 25.7 Å². The molecule has 0 aromatic heterocycles. The summed E-state index contributed by atoms with van der Waals surface area (Å²) in [5.41, 5.74) is 0. The zero-order valence-corrected chi connectivity index (χ0v) is 12.8. The van der Waals surface area contributed by atoms with Crippen LogP contribution in [0.4, 0.5) is 0 Å². The lowest BCUT2D eigenvalue weighted by molar-refractivity contribution is -0.133. The third-order valence-electron chi connectivity index (χ3n) is 4.50. The molecule has 0 aromatic carbocycles. The van der Waals surface area contributed by atoms with Gasteiger partial charge in [-0.3, -0.25) is 9.69 Å². The first-order chi connectivity index (χ1) is 9.79. The Morgan fingerprint density at radius 1 is 1.20 bits per heavy atom. The number of hydrogen-bond acceptors (Lipinski definition) is 4. The highest BCUT2D eigenvalue weighted by atomic mass is 16.5. The van der Waals surface area contributed by atoms with Gasteiger partial charge in [-0.15, -0.1) is 0 Å². The van der Waals surface area contributed by atoms with Crippen LogP contribution in [0.2, 0.25) is 0 Å². The van der Waals surface area contributed by atoms with Crippen molar-refractivity contribution in [3.05, 3.63) is 0 Å². The van der Waals surface area contributed by atoms with Crippen molar-refractivity contribution < 1.29 is 9.53 Å². The van der Waals surface area contributed by atoms with Gasteiger partial charge in [0.1, 0.15) is 0 Å². The van der Waals surface area contributed by atoms with Gasteiger partial charge >= 0.3 is 0 Å². The van der Waals surface area contributed by atoms with E-state index in [2.05, 4.69) is 10.2 Å². The number of ether oxygens (including phenoxy) is 1. The molecule has 2 aliphatic heterocycles. The molecule has 2 fully saturated rings. The first-order valence-corrected chi connectivity index (χ1v) is 7.99. The van der Waals surface area contributed by atoms with Crippen molar-refractivity contribution >= 4 is 5.91 Å². The zero-order valence-electron chi connectivity index (χ0n) is 12.8. The van der Waals surface area contributed by atoms with Gasteiger partial charge in [-0.05, 0) is 44.7 Å². The van der Waals surface area contributed by atoms with Gasteiger partial charge in [0.25, 0.3) is 0 Å². The number of carbonyl (C=O) groups excluding carboxylic acids is 1. The number of piperazine rings is 1. The summed E-state index contributed by atoms with van der Waals surface area (Å²) >= 11 is 0. The van der Waals surface area contributed by atoms with Gasteiger partial charge in [0.05, 0.1) is 6.54 Å². The third kappa shape index (κ3) is 5.04. The Morgan fingerprint density at radius 3 is 2.55 bits per heavy atom. The molecule has 0 saturated carbocycles. The van der Waals surface area contributed by atoms with Crippen LogP contribution in [-0.2, 0) is 9.53 Å². The van der Waals surface area contributed by atoms with Crippen LogP contribution < -0.4 is 5.32 Å². The number of rotatable bonds is 6. The number of likely N-dealkylation sites (tertiary alicyclic amines) is 1. The van der Waals surface area contributed by atoms with Gasteiger partial charge in [0, 0.05) is 39.9 Å². The van der Waals surface area contributed by atoms with Crippen LogP contribution in [-0.4, -0.2) is 75.2 Å². The van der Waals surface area contributed by atoms with Crippen LogP contribution in [0.25, 0.3) is 0 Å². The highest BCUT2D eigenvalue weighted by Crippen LogP contribution is 2.21. The van der Waals surface area contributed by atoms with Gasteiger partial charge in [-0.1, -0.05) is 0 Å². The summed E-state index contributed by atoms with van der Waals surface area (Å²) in [6, 6.07) is 0. The van der Waals surface area contributed by atoms with Crippen LogP contribution in [0.3, 0.4) is 0 Å². The third-order valence-corrected chi connectivity index (χ3v) is 4.50. The molecule has 2 aliphatic rings. The number of nitrogens with one attached hydrogen (secondary N) is 1. The van der Waals surface area contributed by atoms with E-state index in [0.29, 0.717) is 12.5 Å². The second-order valence-corrected chi connectivity index (χ2v) is 5.99. The fraction of sp³-hybridized carbons (Fsp3) is 0.933. The van der Waals surface area contributed by atoms with Gasteiger partial charge in [0.15, 0.2) is 0 Å². The molecular weight excluding hydrogens is 254 g/mol. The molecule has 5 nitrogen and oxygen atoms in total. The molecule has 2 heterocycles. The summed E-state index contributed by atoms with van der Waals surface area (Å²) in [4.78, 5) is 16.5. The Morgan fingerprint density at radius 2 is 1.90 bits per heavy atom. The first kappa shape index (κ1) is 15.7. The predicted octanol–water partition coefficient (Wildman–Crippen LogP) is 0.557. The maximum absolute atomic E-state index is 12.2. The van der Waals surface area contributed by atoms with E-state index in [-0.39, 0.29) is 0 Å². The molecule has 2 saturated heterocycles. The molecule has 0 aromatic rings. The predicted molar refractivity (Wildman–Crippen MR) is 79.7 cm³/mol. The highest BCUT2D eigenvalue weighted by Gasteiger charge is 2.23. The number of nitrogens with zero attached hydrogens (tertiary/aromatic N) is 2. The van der Waals surface area contributed by atoms with E-state index >= 15 is 0 Å². The number of piperidine rings is 1. The lowest BCUT2D eigenvalue weighted by Gasteiger charge is -2.34. The zero-order chi connectivity index (χ0) is 14.2. The Labute approximate surface area is 122 Å². The maximum atomic E-state index is 12.2. The smallest absolute Gasteiger partial charge is 0.236 e. The number of methoxy groups -OCH3 is 1. The largest absolute Gasteiger partial charge is 0.385 e. The molecule has 0 aliphatic carbocycles. The molecule has 1 N–H and O–H groups in total. The summed E-state index contributed by atoms with van der Waals surface area (Å²) in [5, 5.41) is 3.29. The van der Waals surface area contributed by atoms with E-state index in [4.69, 9.17) is 4.74 Å². The van der Waals surface area contributed by atoms with Gasteiger partial charge in [-0.25, -0.2) is 0 Å². The van der Waals surface area contributed by atoms with Crippen LogP contribution in [0.5, 0.6) is 0 Å². The monoisotopic (exact) mass is 283 g/mol. The number of amides is 1. The molecule has 0 atom stereocenters. The first-order valence-electron chi connectivity index (χ1n) is 7.99. The van der Waals surface area contributed by atoms with Crippen LogP contribution in [0, 0.1) is 5.92 Å². The Balaban J connectivity index is 1.62. The minimum atomic E-state index is 0.310. The molecule has 20 heavy (non-hydrogen) atoms. The number of hydrogen-bond donors (Lipinski definition) is 1. The lowest BCUT2D eigenvalue weighted by atomic mass is 9.92. The van der Waals surface area contributed by atoms with E-state index < -0.39 is 0 Å². The average Bonchev–Trinajstić information content (AvgIpc) is 2.50. The van der Waals surface area contributed by atoms with Crippen molar-refractivity contribution in [3.8, 4) is 0 Å². The topological polar surface area (TPSA) is 44.8 Å². The second kappa shape index (κ2) is 8.60. The van der Waals surface area contributed by atoms with Crippen LogP contribution in [0.15, 0.2) is 0 Å². The van der Waals surface area contributed by atoms with Crippen molar-refractivity contribution in [1.29, 1.82) is 0 Å². The molecule has 0 unspecified atom stereocenters. The molecule has 5 heteroatoms. The van der Waals surface area contributed by atoms with E-state index in [9.17, 15) is 4.79 Å².